The first kappa shape index (κ1) is 35.9. The van der Waals surface area contributed by atoms with E-state index in [0.29, 0.717) is 67.9 Å². The van der Waals surface area contributed by atoms with Gasteiger partial charge >= 0.3 is 5.97 Å². The van der Waals surface area contributed by atoms with Gasteiger partial charge in [0.1, 0.15) is 6.61 Å². The quantitative estimate of drug-likeness (QED) is 0.146. The largest absolute Gasteiger partial charge is 0.493 e. The summed E-state index contributed by atoms with van der Waals surface area (Å²) in [5.74, 6) is 1.65. The van der Waals surface area contributed by atoms with Gasteiger partial charge in [0.15, 0.2) is 27.8 Å². The summed E-state index contributed by atoms with van der Waals surface area (Å²) in [5, 5.41) is 0. The van der Waals surface area contributed by atoms with Gasteiger partial charge in [-0.2, -0.15) is 0 Å². The summed E-state index contributed by atoms with van der Waals surface area (Å²) < 4.78 is 31.7. The lowest BCUT2D eigenvalue weighted by molar-refractivity contribution is -0.139. The van der Waals surface area contributed by atoms with Gasteiger partial charge in [0.05, 0.1) is 48.8 Å². The number of methoxy groups -OCH3 is 1. The summed E-state index contributed by atoms with van der Waals surface area (Å²) in [7, 11) is 1.55. The fourth-order valence-electron chi connectivity index (χ4n) is 6.01. The zero-order valence-electron chi connectivity index (χ0n) is 29.1. The number of fused-ring (bicyclic) bond motifs is 1. The molecule has 2 heterocycles. The summed E-state index contributed by atoms with van der Waals surface area (Å²) in [4.78, 5) is 32.9. The molecule has 0 amide bonds. The lowest BCUT2D eigenvalue weighted by Gasteiger charge is -2.26. The topological polar surface area (TPSA) is 97.6 Å². The maximum absolute atomic E-state index is 14.3. The van der Waals surface area contributed by atoms with E-state index < -0.39 is 12.0 Å². The average molecular weight is 750 g/mol. The fraction of sp³-hybridized carbons (Fsp3) is 0.342. The van der Waals surface area contributed by atoms with Crippen molar-refractivity contribution >= 4 is 39.3 Å². The van der Waals surface area contributed by atoms with E-state index in [2.05, 4.69) is 48.8 Å². The van der Waals surface area contributed by atoms with Crippen LogP contribution in [0.3, 0.4) is 0 Å². The van der Waals surface area contributed by atoms with E-state index in [1.54, 1.807) is 43.7 Å². The molecule has 0 saturated heterocycles. The molecule has 4 aromatic rings. The number of thiazole rings is 1. The molecule has 0 N–H and O–H groups in total. The Balaban J connectivity index is 1.60. The van der Waals surface area contributed by atoms with Crippen molar-refractivity contribution in [2.75, 3.05) is 26.9 Å². The third-order valence-corrected chi connectivity index (χ3v) is 9.84. The van der Waals surface area contributed by atoms with Gasteiger partial charge in [-0.3, -0.25) is 9.36 Å². The summed E-state index contributed by atoms with van der Waals surface area (Å²) >= 11 is 4.92. The minimum absolute atomic E-state index is 0.173. The van der Waals surface area contributed by atoms with E-state index in [9.17, 15) is 9.59 Å². The van der Waals surface area contributed by atoms with Crippen LogP contribution in [0.25, 0.3) is 6.08 Å². The molecule has 0 fully saturated rings. The molecular weight excluding hydrogens is 708 g/mol. The Morgan fingerprint density at radius 3 is 2.20 bits per heavy atom. The van der Waals surface area contributed by atoms with Gasteiger partial charge in [-0.15, -0.1) is 0 Å². The van der Waals surface area contributed by atoms with Crippen molar-refractivity contribution in [2.45, 2.75) is 61.1 Å². The summed E-state index contributed by atoms with van der Waals surface area (Å²) in [6.45, 7) is 15.0. The van der Waals surface area contributed by atoms with Gasteiger partial charge in [-0.05, 0) is 107 Å². The number of allylic oxidation sites excluding steroid dienone is 1. The Bertz CT molecular complexity index is 2090. The molecule has 0 saturated carbocycles. The van der Waals surface area contributed by atoms with E-state index in [-0.39, 0.29) is 17.7 Å². The Labute approximate surface area is 298 Å². The highest BCUT2D eigenvalue weighted by Gasteiger charge is 2.35. The van der Waals surface area contributed by atoms with Crippen LogP contribution in [0.4, 0.5) is 0 Å². The first-order valence-corrected chi connectivity index (χ1v) is 17.8. The molecule has 11 heteroatoms. The van der Waals surface area contributed by atoms with Gasteiger partial charge in [-0.25, -0.2) is 9.79 Å². The highest BCUT2D eigenvalue weighted by atomic mass is 79.9. The minimum Gasteiger partial charge on any atom is -0.493 e. The van der Waals surface area contributed by atoms with Crippen LogP contribution in [0.2, 0.25) is 0 Å². The lowest BCUT2D eigenvalue weighted by atomic mass is 9.95. The molecule has 9 nitrogen and oxygen atoms in total. The van der Waals surface area contributed by atoms with Gasteiger partial charge in [0.25, 0.3) is 5.56 Å². The predicted octanol–water partition coefficient (Wildman–Crippen LogP) is 6.87. The molecule has 0 bridgehead atoms. The molecule has 0 unspecified atom stereocenters. The molecule has 0 aliphatic carbocycles. The molecule has 3 aromatic carbocycles. The third kappa shape index (κ3) is 7.47. The van der Waals surface area contributed by atoms with Crippen LogP contribution in [0.15, 0.2) is 68.0 Å². The lowest BCUT2D eigenvalue weighted by Crippen LogP contribution is -2.40. The van der Waals surface area contributed by atoms with E-state index >= 15 is 0 Å². The smallest absolute Gasteiger partial charge is 0.338 e. The molecule has 1 atom stereocenters. The van der Waals surface area contributed by atoms with Crippen molar-refractivity contribution in [3.63, 3.8) is 0 Å². The number of esters is 1. The normalized spacial score (nSPS) is 14.3. The Morgan fingerprint density at radius 2 is 1.57 bits per heavy atom. The molecule has 1 aliphatic rings. The molecule has 1 aliphatic heterocycles. The second-order valence-electron chi connectivity index (χ2n) is 11.6. The standard InChI is InChI=1S/C38H41BrN2O7S/c1-9-45-31-16-25(12-13-29(31)48-20-27-22(5)14-21(4)15-23(27)6)17-33-36(42)41-35(26-18-30(44-8)32(46-10-2)19-28(26)39)34(37(43)47-11-3)24(7)40-38(41)49-33/h12-19,35H,9-11,20H2,1-8H3/b33-17+/t35-/m1/s1. The Hall–Kier alpha value is -4.35. The van der Waals surface area contributed by atoms with Crippen LogP contribution >= 0.6 is 27.3 Å². The second-order valence-corrected chi connectivity index (χ2v) is 13.4. The number of aromatic nitrogens is 1. The van der Waals surface area contributed by atoms with Gasteiger partial charge in [0.2, 0.25) is 0 Å². The van der Waals surface area contributed by atoms with Crippen LogP contribution in [-0.2, 0) is 16.1 Å². The van der Waals surface area contributed by atoms with Crippen molar-refractivity contribution in [1.29, 1.82) is 0 Å². The first-order chi connectivity index (χ1) is 23.5. The van der Waals surface area contributed by atoms with Crippen molar-refractivity contribution in [3.05, 3.63) is 111 Å². The highest BCUT2D eigenvalue weighted by molar-refractivity contribution is 9.10. The van der Waals surface area contributed by atoms with E-state index in [0.717, 1.165) is 11.1 Å². The number of ether oxygens (including phenoxy) is 5. The number of hydrogen-bond donors (Lipinski definition) is 0. The van der Waals surface area contributed by atoms with E-state index in [1.165, 1.54) is 28.0 Å². The number of hydrogen-bond acceptors (Lipinski definition) is 9. The van der Waals surface area contributed by atoms with E-state index in [1.807, 2.05) is 32.0 Å². The molecule has 0 spiro atoms. The molecule has 0 radical (unpaired) electrons. The van der Waals surface area contributed by atoms with Crippen molar-refractivity contribution in [1.82, 2.24) is 4.57 Å². The maximum atomic E-state index is 14.3. The number of benzene rings is 3. The van der Waals surface area contributed by atoms with Crippen molar-refractivity contribution in [2.24, 2.45) is 4.99 Å². The number of aryl methyl sites for hydroxylation is 3. The molecule has 258 valence electrons. The summed E-state index contributed by atoms with van der Waals surface area (Å²) in [5.41, 5.74) is 6.54. The highest BCUT2D eigenvalue weighted by Crippen LogP contribution is 2.41. The number of rotatable bonds is 12. The monoisotopic (exact) mass is 748 g/mol. The summed E-state index contributed by atoms with van der Waals surface area (Å²) in [6, 6.07) is 12.7. The van der Waals surface area contributed by atoms with Crippen LogP contribution in [0.5, 0.6) is 23.0 Å². The van der Waals surface area contributed by atoms with Gasteiger partial charge in [0, 0.05) is 4.47 Å². The molecular formula is C38H41BrN2O7S. The maximum Gasteiger partial charge on any atom is 0.338 e. The van der Waals surface area contributed by atoms with Gasteiger partial charge < -0.3 is 23.7 Å². The fourth-order valence-corrected chi connectivity index (χ4v) is 7.60. The molecule has 5 rings (SSSR count). The molecule has 1 aromatic heterocycles. The SMILES string of the molecule is CCOC(=O)C1=C(C)N=c2s/c(=C/c3ccc(OCc4c(C)cc(C)cc4C)c(OCC)c3)c(=O)n2[C@@H]1c1cc(OC)c(OCC)cc1Br. The average Bonchev–Trinajstić information content (AvgIpc) is 3.35. The zero-order chi connectivity index (χ0) is 35.4. The van der Waals surface area contributed by atoms with Crippen LogP contribution in [-0.4, -0.2) is 37.5 Å². The van der Waals surface area contributed by atoms with E-state index in [4.69, 9.17) is 28.7 Å². The van der Waals surface area contributed by atoms with Crippen LogP contribution < -0.4 is 33.8 Å². The minimum atomic E-state index is -0.833. The summed E-state index contributed by atoms with van der Waals surface area (Å²) in [6.07, 6.45) is 1.80. The first-order valence-electron chi connectivity index (χ1n) is 16.2. The number of halogens is 1. The van der Waals surface area contributed by atoms with Crippen molar-refractivity contribution in [3.8, 4) is 23.0 Å². The van der Waals surface area contributed by atoms with Gasteiger partial charge in [-0.1, -0.05) is 51.0 Å². The van der Waals surface area contributed by atoms with Crippen LogP contribution in [0.1, 0.15) is 67.1 Å². The van der Waals surface area contributed by atoms with Crippen molar-refractivity contribution < 1.29 is 28.5 Å². The Kier molecular flexibility index (Phi) is 11.3. The zero-order valence-corrected chi connectivity index (χ0v) is 31.5. The van der Waals surface area contributed by atoms with Crippen LogP contribution in [0, 0.1) is 20.8 Å². The number of carbonyl (C=O) groups excluding carboxylic acids is 1. The Morgan fingerprint density at radius 1 is 0.898 bits per heavy atom. The molecule has 49 heavy (non-hydrogen) atoms. The third-order valence-electron chi connectivity index (χ3n) is 8.17. The second kappa shape index (κ2) is 15.5. The predicted molar refractivity (Wildman–Crippen MR) is 195 cm³/mol. The number of carbonyl (C=O) groups is 1. The number of nitrogens with zero attached hydrogens (tertiary/aromatic N) is 2.